The molecule has 5 aromatic rings. The van der Waals surface area contributed by atoms with E-state index in [9.17, 15) is 0 Å². The van der Waals surface area contributed by atoms with Crippen molar-refractivity contribution in [1.82, 2.24) is 19.5 Å². The fourth-order valence-corrected chi connectivity index (χ4v) is 4.78. The Hall–Kier alpha value is -3.80. The Balaban J connectivity index is 0.000000191. The van der Waals surface area contributed by atoms with Crippen LogP contribution in [-0.2, 0) is 20.1 Å². The van der Waals surface area contributed by atoms with Gasteiger partial charge in [-0.3, -0.25) is 4.98 Å². The van der Waals surface area contributed by atoms with Gasteiger partial charge in [-0.25, -0.2) is 9.97 Å². The van der Waals surface area contributed by atoms with Crippen molar-refractivity contribution < 1.29 is 20.1 Å². The molecule has 0 bridgehead atoms. The van der Waals surface area contributed by atoms with E-state index >= 15 is 0 Å². The smallest absolute Gasteiger partial charge is 0.491 e. The molecule has 0 atom stereocenters. The molecular formula is C33H33IrN6. The molecule has 40 heavy (non-hydrogen) atoms. The van der Waals surface area contributed by atoms with Crippen molar-refractivity contribution in [2.45, 2.75) is 39.5 Å². The average molecular weight is 706 g/mol. The maximum atomic E-state index is 4.60. The van der Waals surface area contributed by atoms with Gasteiger partial charge in [-0.05, 0) is 30.0 Å². The fraction of sp³-hybridized carbons (Fsp3) is 0.212. The molecule has 0 unspecified atom stereocenters. The van der Waals surface area contributed by atoms with Crippen LogP contribution >= 0.6 is 0 Å². The van der Waals surface area contributed by atoms with Crippen molar-refractivity contribution >= 4 is 17.2 Å². The van der Waals surface area contributed by atoms with Gasteiger partial charge in [0.05, 0.1) is 17.7 Å². The van der Waals surface area contributed by atoms with Gasteiger partial charge in [-0.15, -0.1) is 41.6 Å². The molecular weight excluding hydrogens is 673 g/mol. The Kier molecular flexibility index (Phi) is 9.51. The molecule has 6 nitrogen and oxygen atoms in total. The third-order valence-corrected chi connectivity index (χ3v) is 6.68. The second kappa shape index (κ2) is 13.0. The number of para-hydroxylation sites is 2. The molecule has 7 heteroatoms. The Labute approximate surface area is 251 Å². The quantitative estimate of drug-likeness (QED) is 0.177. The second-order valence-corrected chi connectivity index (χ2v) is 10.1. The first-order valence-electron chi connectivity index (χ1n) is 13.2. The monoisotopic (exact) mass is 706 g/mol. The molecule has 3 aromatic carbocycles. The Morgan fingerprint density at radius 1 is 0.825 bits per heavy atom. The van der Waals surface area contributed by atoms with Crippen LogP contribution in [0, 0.1) is 18.8 Å². The molecule has 0 saturated heterocycles. The third kappa shape index (κ3) is 6.01. The zero-order chi connectivity index (χ0) is 27.4. The summed E-state index contributed by atoms with van der Waals surface area (Å²) in [4.78, 5) is 16.9. The van der Waals surface area contributed by atoms with E-state index in [4.69, 9.17) is 0 Å². The molecule has 0 radical (unpaired) electrons. The van der Waals surface area contributed by atoms with Gasteiger partial charge in [0.1, 0.15) is 12.1 Å². The first kappa shape index (κ1) is 29.2. The normalized spacial score (nSPS) is 12.2. The van der Waals surface area contributed by atoms with Crippen LogP contribution in [0.4, 0.5) is 17.2 Å². The van der Waals surface area contributed by atoms with Gasteiger partial charge < -0.3 is 14.4 Å². The van der Waals surface area contributed by atoms with Crippen molar-refractivity contribution in [2.75, 3.05) is 16.8 Å². The number of fused-ring (bicyclic) bond motifs is 1. The summed E-state index contributed by atoms with van der Waals surface area (Å²) in [5, 5.41) is 0. The largest absolute Gasteiger partial charge is 3.00 e. The summed E-state index contributed by atoms with van der Waals surface area (Å²) in [6.07, 6.45) is 7.30. The SMILES string of the molecule is CC(C)c1cccc(C(C)C)c1-n1ccnc1-c1[c-]cccc1.CN1[CH-]N(c2[c-]cccc2)c2cncnc21.[Ir+3]. The van der Waals surface area contributed by atoms with Gasteiger partial charge >= 0.3 is 20.1 Å². The average Bonchev–Trinajstić information content (AvgIpc) is 3.59. The predicted octanol–water partition coefficient (Wildman–Crippen LogP) is 7.57. The molecule has 6 rings (SSSR count). The molecule has 0 aliphatic carbocycles. The Bertz CT molecular complexity index is 1490. The van der Waals surface area contributed by atoms with Crippen LogP contribution in [0.25, 0.3) is 17.1 Å². The van der Waals surface area contributed by atoms with Crippen LogP contribution in [-0.4, -0.2) is 26.6 Å². The number of benzene rings is 3. The number of aromatic nitrogens is 4. The van der Waals surface area contributed by atoms with E-state index in [1.165, 1.54) is 16.8 Å². The number of anilines is 3. The second-order valence-electron chi connectivity index (χ2n) is 10.1. The topological polar surface area (TPSA) is 50.1 Å². The van der Waals surface area contributed by atoms with Gasteiger partial charge in [-0.1, -0.05) is 45.9 Å². The van der Waals surface area contributed by atoms with Gasteiger partial charge in [0.25, 0.3) is 0 Å². The van der Waals surface area contributed by atoms with Crippen LogP contribution in [0.5, 0.6) is 0 Å². The predicted molar refractivity (Wildman–Crippen MR) is 158 cm³/mol. The van der Waals surface area contributed by atoms with Crippen molar-refractivity contribution in [2.24, 2.45) is 0 Å². The van der Waals surface area contributed by atoms with E-state index in [0.29, 0.717) is 11.8 Å². The number of hydrogen-bond acceptors (Lipinski definition) is 5. The van der Waals surface area contributed by atoms with E-state index in [-0.39, 0.29) is 20.1 Å². The van der Waals surface area contributed by atoms with Crippen molar-refractivity contribution in [3.63, 3.8) is 0 Å². The minimum Gasteiger partial charge on any atom is -0.491 e. The maximum absolute atomic E-state index is 4.60. The van der Waals surface area contributed by atoms with Gasteiger partial charge in [-0.2, -0.15) is 37.0 Å². The molecule has 1 aliphatic heterocycles. The van der Waals surface area contributed by atoms with Gasteiger partial charge in [0.15, 0.2) is 0 Å². The zero-order valence-corrected chi connectivity index (χ0v) is 25.8. The first-order valence-corrected chi connectivity index (χ1v) is 13.2. The molecule has 1 aliphatic rings. The van der Waals surface area contributed by atoms with Crippen LogP contribution < -0.4 is 9.80 Å². The minimum absolute atomic E-state index is 0. The molecule has 204 valence electrons. The van der Waals surface area contributed by atoms with Crippen LogP contribution in [0.1, 0.15) is 50.7 Å². The van der Waals surface area contributed by atoms with Crippen molar-refractivity contribution in [3.8, 4) is 17.1 Å². The molecule has 0 N–H and O–H groups in total. The molecule has 0 amide bonds. The van der Waals surface area contributed by atoms with E-state index in [2.05, 4.69) is 89.8 Å². The zero-order valence-electron chi connectivity index (χ0n) is 23.4. The van der Waals surface area contributed by atoms with Crippen LogP contribution in [0.3, 0.4) is 0 Å². The van der Waals surface area contributed by atoms with Crippen molar-refractivity contribution in [1.29, 1.82) is 0 Å². The molecule has 3 heterocycles. The summed E-state index contributed by atoms with van der Waals surface area (Å²) >= 11 is 0. The number of nitrogens with zero attached hydrogens (tertiary/aromatic N) is 6. The van der Waals surface area contributed by atoms with E-state index < -0.39 is 0 Å². The third-order valence-electron chi connectivity index (χ3n) is 6.68. The maximum Gasteiger partial charge on any atom is 3.00 e. The summed E-state index contributed by atoms with van der Waals surface area (Å²) < 4.78 is 2.22. The summed E-state index contributed by atoms with van der Waals surface area (Å²) in [7, 11) is 1.97. The summed E-state index contributed by atoms with van der Waals surface area (Å²) in [5.74, 6) is 2.77. The summed E-state index contributed by atoms with van der Waals surface area (Å²) in [6, 6.07) is 28.9. The van der Waals surface area contributed by atoms with E-state index in [0.717, 1.165) is 28.6 Å². The van der Waals surface area contributed by atoms with E-state index in [1.807, 2.05) is 78.4 Å². The molecule has 0 saturated carbocycles. The first-order chi connectivity index (χ1) is 19.0. The number of hydrogen-bond donors (Lipinski definition) is 0. The number of imidazole rings is 1. The number of rotatable bonds is 5. The fourth-order valence-electron chi connectivity index (χ4n) is 4.78. The minimum atomic E-state index is 0. The standard InChI is InChI=1S/C21H23N2.C12H10N4.Ir/c1-15(2)18-11-8-12-19(16(3)4)20(18)23-14-13-22-21(23)17-9-6-5-7-10-17;1-15-9-16(10-5-3-2-4-6-10)11-7-13-8-14-12(11)15;/h5-9,11-16H,1-4H3;2-5,7-9H,1H3;/q-1;-2;+3. The summed E-state index contributed by atoms with van der Waals surface area (Å²) in [6.45, 7) is 11.0. The van der Waals surface area contributed by atoms with Crippen LogP contribution in [0.2, 0.25) is 0 Å². The van der Waals surface area contributed by atoms with Gasteiger partial charge in [0.2, 0.25) is 0 Å². The Morgan fingerprint density at radius 2 is 1.52 bits per heavy atom. The molecule has 0 fully saturated rings. The van der Waals surface area contributed by atoms with E-state index in [1.54, 1.807) is 6.33 Å². The summed E-state index contributed by atoms with van der Waals surface area (Å²) in [5.41, 5.74) is 6.96. The Morgan fingerprint density at radius 3 is 2.15 bits per heavy atom. The van der Waals surface area contributed by atoms with Crippen LogP contribution in [0.15, 0.2) is 91.6 Å². The molecule has 0 spiro atoms. The van der Waals surface area contributed by atoms with Gasteiger partial charge in [0, 0.05) is 18.1 Å². The molecule has 2 aromatic heterocycles. The van der Waals surface area contributed by atoms with Crippen molar-refractivity contribution in [3.05, 3.63) is 122 Å².